The van der Waals surface area contributed by atoms with Crippen molar-refractivity contribution in [1.29, 1.82) is 0 Å². The van der Waals surface area contributed by atoms with E-state index in [0.29, 0.717) is 6.04 Å². The van der Waals surface area contributed by atoms with Crippen LogP contribution in [0.25, 0.3) is 0 Å². The van der Waals surface area contributed by atoms with Gasteiger partial charge in [-0.25, -0.2) is 0 Å². The van der Waals surface area contributed by atoms with E-state index in [1.165, 1.54) is 0 Å². The Labute approximate surface area is 69.9 Å². The summed E-state index contributed by atoms with van der Waals surface area (Å²) in [5.41, 5.74) is 2.74. The van der Waals surface area contributed by atoms with Crippen LogP contribution in [0, 0.1) is 0 Å². The maximum Gasteiger partial charge on any atom is 0.0194 e. The molecule has 3 heteroatoms. The Kier molecular flexibility index (Phi) is 6.51. The highest BCUT2D eigenvalue weighted by atomic mass is 15.2. The molecule has 0 bridgehead atoms. The molecule has 0 aliphatic heterocycles. The molecule has 0 saturated carbocycles. The average Bonchev–Trinajstić information content (AvgIpc) is 2.06. The van der Waals surface area contributed by atoms with Gasteiger partial charge >= 0.3 is 0 Å². The van der Waals surface area contributed by atoms with Crippen molar-refractivity contribution in [3.8, 4) is 0 Å². The summed E-state index contributed by atoms with van der Waals surface area (Å²) in [5, 5.41) is 0. The van der Waals surface area contributed by atoms with E-state index in [1.54, 1.807) is 0 Å². The first-order valence-electron chi connectivity index (χ1n) is 4.43. The average molecular weight is 159 g/mol. The Morgan fingerprint density at radius 1 is 1.36 bits per heavy atom. The SMILES string of the molecule is CCN(CC)CC[C@@H](C)NN. The largest absolute Gasteiger partial charge is 0.304 e. The quantitative estimate of drug-likeness (QED) is 0.440. The second-order valence-corrected chi connectivity index (χ2v) is 2.88. The van der Waals surface area contributed by atoms with E-state index in [2.05, 4.69) is 31.1 Å². The minimum Gasteiger partial charge on any atom is -0.304 e. The van der Waals surface area contributed by atoms with Crippen molar-refractivity contribution in [2.24, 2.45) is 5.84 Å². The van der Waals surface area contributed by atoms with Gasteiger partial charge in [0, 0.05) is 6.04 Å². The molecule has 68 valence electrons. The summed E-state index contributed by atoms with van der Waals surface area (Å²) in [6.07, 6.45) is 1.12. The van der Waals surface area contributed by atoms with Crippen LogP contribution in [0.4, 0.5) is 0 Å². The molecule has 0 spiro atoms. The van der Waals surface area contributed by atoms with E-state index in [0.717, 1.165) is 26.1 Å². The topological polar surface area (TPSA) is 41.3 Å². The second-order valence-electron chi connectivity index (χ2n) is 2.88. The number of nitrogens with one attached hydrogen (secondary N) is 1. The number of nitrogens with two attached hydrogens (primary N) is 1. The summed E-state index contributed by atoms with van der Waals surface area (Å²) in [4.78, 5) is 2.40. The van der Waals surface area contributed by atoms with Gasteiger partial charge in [0.1, 0.15) is 0 Å². The van der Waals surface area contributed by atoms with Crippen molar-refractivity contribution < 1.29 is 0 Å². The van der Waals surface area contributed by atoms with Gasteiger partial charge < -0.3 is 4.90 Å². The van der Waals surface area contributed by atoms with Gasteiger partial charge in [-0.1, -0.05) is 13.8 Å². The van der Waals surface area contributed by atoms with E-state index in [4.69, 9.17) is 5.84 Å². The monoisotopic (exact) mass is 159 g/mol. The van der Waals surface area contributed by atoms with Crippen LogP contribution in [0.15, 0.2) is 0 Å². The van der Waals surface area contributed by atoms with Gasteiger partial charge in [-0.3, -0.25) is 11.3 Å². The second kappa shape index (κ2) is 6.58. The lowest BCUT2D eigenvalue weighted by atomic mass is 10.2. The minimum absolute atomic E-state index is 0.426. The fourth-order valence-electron chi connectivity index (χ4n) is 0.999. The zero-order valence-electron chi connectivity index (χ0n) is 7.93. The van der Waals surface area contributed by atoms with Gasteiger partial charge in [0.2, 0.25) is 0 Å². The third kappa shape index (κ3) is 5.18. The summed E-state index contributed by atoms with van der Waals surface area (Å²) in [6.45, 7) is 9.87. The number of hydrazine groups is 1. The molecule has 3 N–H and O–H groups in total. The Balaban J connectivity index is 3.34. The van der Waals surface area contributed by atoms with Gasteiger partial charge in [-0.05, 0) is 33.0 Å². The molecule has 0 rings (SSSR count). The molecule has 0 aromatic rings. The summed E-state index contributed by atoms with van der Waals surface area (Å²) < 4.78 is 0. The first-order chi connectivity index (χ1) is 5.24. The van der Waals surface area contributed by atoms with Crippen LogP contribution in [0.1, 0.15) is 27.2 Å². The highest BCUT2D eigenvalue weighted by molar-refractivity contribution is 4.60. The number of nitrogens with zero attached hydrogens (tertiary/aromatic N) is 1. The highest BCUT2D eigenvalue weighted by Crippen LogP contribution is 1.93. The maximum atomic E-state index is 5.27. The first-order valence-corrected chi connectivity index (χ1v) is 4.43. The Hall–Kier alpha value is -0.120. The third-order valence-electron chi connectivity index (χ3n) is 2.06. The van der Waals surface area contributed by atoms with E-state index < -0.39 is 0 Å². The van der Waals surface area contributed by atoms with Crippen LogP contribution in [0.3, 0.4) is 0 Å². The van der Waals surface area contributed by atoms with Crippen molar-refractivity contribution in [3.63, 3.8) is 0 Å². The van der Waals surface area contributed by atoms with Crippen LogP contribution in [-0.4, -0.2) is 30.6 Å². The maximum absolute atomic E-state index is 5.27. The smallest absolute Gasteiger partial charge is 0.0194 e. The lowest BCUT2D eigenvalue weighted by Gasteiger charge is -2.19. The number of hydrogen-bond acceptors (Lipinski definition) is 3. The van der Waals surface area contributed by atoms with Crippen LogP contribution in [0.5, 0.6) is 0 Å². The molecule has 0 aliphatic rings. The summed E-state index contributed by atoms with van der Waals surface area (Å²) in [6, 6.07) is 0.426. The van der Waals surface area contributed by atoms with Crippen LogP contribution >= 0.6 is 0 Å². The van der Waals surface area contributed by atoms with Crippen LogP contribution in [-0.2, 0) is 0 Å². The van der Waals surface area contributed by atoms with Gasteiger partial charge in [-0.2, -0.15) is 0 Å². The molecule has 0 saturated heterocycles. The Morgan fingerprint density at radius 2 is 1.91 bits per heavy atom. The predicted molar refractivity (Wildman–Crippen MR) is 49.2 cm³/mol. The normalized spacial score (nSPS) is 13.9. The summed E-state index contributed by atoms with van der Waals surface area (Å²) in [7, 11) is 0. The van der Waals surface area contributed by atoms with Gasteiger partial charge in [0.15, 0.2) is 0 Å². The Bertz CT molecular complexity index is 81.4. The Morgan fingerprint density at radius 3 is 2.27 bits per heavy atom. The summed E-state index contributed by atoms with van der Waals surface area (Å²) >= 11 is 0. The first kappa shape index (κ1) is 10.9. The van der Waals surface area contributed by atoms with Crippen molar-refractivity contribution in [2.45, 2.75) is 33.2 Å². The zero-order chi connectivity index (χ0) is 8.69. The zero-order valence-corrected chi connectivity index (χ0v) is 7.93. The molecule has 0 aliphatic carbocycles. The molecular formula is C8H21N3. The van der Waals surface area contributed by atoms with Gasteiger partial charge in [0.25, 0.3) is 0 Å². The molecule has 11 heavy (non-hydrogen) atoms. The van der Waals surface area contributed by atoms with E-state index in [9.17, 15) is 0 Å². The van der Waals surface area contributed by atoms with Crippen molar-refractivity contribution in [2.75, 3.05) is 19.6 Å². The lowest BCUT2D eigenvalue weighted by molar-refractivity contribution is 0.285. The lowest BCUT2D eigenvalue weighted by Crippen LogP contribution is -2.36. The molecule has 3 nitrogen and oxygen atoms in total. The standard InChI is InChI=1S/C8H21N3/c1-4-11(5-2)7-6-8(3)10-9/h8,10H,4-7,9H2,1-3H3/t8-/m1/s1. The number of hydrogen-bond donors (Lipinski definition) is 2. The highest BCUT2D eigenvalue weighted by Gasteiger charge is 2.01. The molecular weight excluding hydrogens is 138 g/mol. The van der Waals surface area contributed by atoms with Crippen molar-refractivity contribution in [3.05, 3.63) is 0 Å². The van der Waals surface area contributed by atoms with Gasteiger partial charge in [-0.15, -0.1) is 0 Å². The van der Waals surface area contributed by atoms with Crippen molar-refractivity contribution >= 4 is 0 Å². The molecule has 1 atom stereocenters. The van der Waals surface area contributed by atoms with Crippen molar-refractivity contribution in [1.82, 2.24) is 10.3 Å². The molecule has 0 aromatic heterocycles. The molecule has 0 aromatic carbocycles. The fourth-order valence-corrected chi connectivity index (χ4v) is 0.999. The summed E-state index contributed by atoms with van der Waals surface area (Å²) in [5.74, 6) is 5.27. The van der Waals surface area contributed by atoms with Crippen LogP contribution < -0.4 is 11.3 Å². The number of rotatable bonds is 6. The fraction of sp³-hybridized carbons (Fsp3) is 1.00. The molecule has 0 unspecified atom stereocenters. The molecule has 0 amide bonds. The third-order valence-corrected chi connectivity index (χ3v) is 2.06. The predicted octanol–water partition coefficient (Wildman–Crippen LogP) is 0.570. The molecule has 0 heterocycles. The minimum atomic E-state index is 0.426. The van der Waals surface area contributed by atoms with E-state index in [1.807, 2.05) is 0 Å². The van der Waals surface area contributed by atoms with E-state index >= 15 is 0 Å². The van der Waals surface area contributed by atoms with E-state index in [-0.39, 0.29) is 0 Å². The molecule has 0 radical (unpaired) electrons. The van der Waals surface area contributed by atoms with Gasteiger partial charge in [0.05, 0.1) is 0 Å². The molecule has 0 fully saturated rings. The van der Waals surface area contributed by atoms with Crippen LogP contribution in [0.2, 0.25) is 0 Å².